The van der Waals surface area contributed by atoms with Crippen molar-refractivity contribution in [3.05, 3.63) is 17.0 Å². The third-order valence-electron chi connectivity index (χ3n) is 3.37. The Bertz CT molecular complexity index is 625. The molecule has 1 aromatic rings. The van der Waals surface area contributed by atoms with Crippen LogP contribution in [0.5, 0.6) is 0 Å². The quantitative estimate of drug-likeness (QED) is 0.886. The number of carbonyl (C=O) groups is 1. The molecule has 1 N–H and O–H groups in total. The van der Waals surface area contributed by atoms with Crippen LogP contribution in [0, 0.1) is 6.92 Å². The standard InChI is InChI=1S/C13H20N2O4S/c1-8-10(11(15-19-8)13(2,3)4)12(16)14-9-5-6-20(17,18)7-9/h9H,5-7H2,1-4H3,(H,14,16). The molecule has 1 amide bonds. The molecule has 1 fully saturated rings. The number of sulfone groups is 1. The second kappa shape index (κ2) is 4.87. The number of rotatable bonds is 2. The predicted molar refractivity (Wildman–Crippen MR) is 74.5 cm³/mol. The van der Waals surface area contributed by atoms with E-state index in [-0.39, 0.29) is 28.9 Å². The summed E-state index contributed by atoms with van der Waals surface area (Å²) in [7, 11) is -3.01. The van der Waals surface area contributed by atoms with E-state index in [1.165, 1.54) is 0 Å². The van der Waals surface area contributed by atoms with Gasteiger partial charge < -0.3 is 9.84 Å². The number of hydrogen-bond acceptors (Lipinski definition) is 5. The molecule has 2 heterocycles. The van der Waals surface area contributed by atoms with Crippen molar-refractivity contribution in [2.45, 2.75) is 45.6 Å². The zero-order valence-corrected chi connectivity index (χ0v) is 13.0. The summed E-state index contributed by atoms with van der Waals surface area (Å²) in [4.78, 5) is 12.4. The molecule has 1 saturated heterocycles. The predicted octanol–water partition coefficient (Wildman–Crippen LogP) is 1.20. The Balaban J connectivity index is 2.20. The highest BCUT2D eigenvalue weighted by atomic mass is 32.2. The van der Waals surface area contributed by atoms with E-state index in [0.717, 1.165) is 0 Å². The molecule has 1 aliphatic heterocycles. The SMILES string of the molecule is Cc1onc(C(C)(C)C)c1C(=O)NC1CCS(=O)(=O)C1. The molecular weight excluding hydrogens is 280 g/mol. The van der Waals surface area contributed by atoms with E-state index in [4.69, 9.17) is 4.52 Å². The van der Waals surface area contributed by atoms with Crippen molar-refractivity contribution in [3.63, 3.8) is 0 Å². The van der Waals surface area contributed by atoms with Crippen LogP contribution < -0.4 is 5.32 Å². The molecule has 0 saturated carbocycles. The number of aromatic nitrogens is 1. The van der Waals surface area contributed by atoms with Crippen LogP contribution in [-0.2, 0) is 15.3 Å². The highest BCUT2D eigenvalue weighted by Crippen LogP contribution is 2.27. The Kier molecular flexibility index (Phi) is 3.66. The molecule has 0 aromatic carbocycles. The van der Waals surface area contributed by atoms with Crippen LogP contribution in [0.1, 0.15) is 49.0 Å². The summed E-state index contributed by atoms with van der Waals surface area (Å²) >= 11 is 0. The van der Waals surface area contributed by atoms with E-state index in [0.29, 0.717) is 23.4 Å². The lowest BCUT2D eigenvalue weighted by atomic mass is 9.88. The average Bonchev–Trinajstić information content (AvgIpc) is 2.81. The van der Waals surface area contributed by atoms with Gasteiger partial charge >= 0.3 is 0 Å². The van der Waals surface area contributed by atoms with Crippen molar-refractivity contribution < 1.29 is 17.7 Å². The van der Waals surface area contributed by atoms with Gasteiger partial charge in [-0.1, -0.05) is 25.9 Å². The molecule has 0 aliphatic carbocycles. The first kappa shape index (κ1) is 15.0. The minimum atomic E-state index is -3.01. The van der Waals surface area contributed by atoms with Crippen LogP contribution in [0.25, 0.3) is 0 Å². The normalized spacial score (nSPS) is 21.9. The third-order valence-corrected chi connectivity index (χ3v) is 5.14. The van der Waals surface area contributed by atoms with Gasteiger partial charge in [0.1, 0.15) is 17.0 Å². The fraction of sp³-hybridized carbons (Fsp3) is 0.692. The van der Waals surface area contributed by atoms with Gasteiger partial charge in [-0.05, 0) is 13.3 Å². The summed E-state index contributed by atoms with van der Waals surface area (Å²) < 4.78 is 28.0. The Morgan fingerprint density at radius 2 is 2.05 bits per heavy atom. The molecule has 1 unspecified atom stereocenters. The fourth-order valence-corrected chi connectivity index (χ4v) is 3.99. The number of aryl methyl sites for hydroxylation is 1. The Hall–Kier alpha value is -1.37. The maximum atomic E-state index is 12.4. The van der Waals surface area contributed by atoms with Crippen molar-refractivity contribution in [1.82, 2.24) is 10.5 Å². The first-order chi connectivity index (χ1) is 9.10. The summed E-state index contributed by atoms with van der Waals surface area (Å²) in [6, 6.07) is -0.324. The van der Waals surface area contributed by atoms with E-state index >= 15 is 0 Å². The molecule has 1 aromatic heterocycles. The molecule has 2 rings (SSSR count). The lowest BCUT2D eigenvalue weighted by Crippen LogP contribution is -2.37. The van der Waals surface area contributed by atoms with Crippen molar-refractivity contribution in [2.75, 3.05) is 11.5 Å². The molecule has 1 aliphatic rings. The lowest BCUT2D eigenvalue weighted by molar-refractivity contribution is 0.0937. The van der Waals surface area contributed by atoms with Crippen LogP contribution in [0.3, 0.4) is 0 Å². The lowest BCUT2D eigenvalue weighted by Gasteiger charge is -2.17. The molecule has 0 radical (unpaired) electrons. The van der Waals surface area contributed by atoms with Crippen LogP contribution in [0.4, 0.5) is 0 Å². The van der Waals surface area contributed by atoms with Crippen molar-refractivity contribution >= 4 is 15.7 Å². The minimum Gasteiger partial charge on any atom is -0.361 e. The number of carbonyl (C=O) groups excluding carboxylic acids is 1. The van der Waals surface area contributed by atoms with Gasteiger partial charge in [0.05, 0.1) is 11.5 Å². The van der Waals surface area contributed by atoms with Gasteiger partial charge in [-0.25, -0.2) is 8.42 Å². The van der Waals surface area contributed by atoms with E-state index in [1.54, 1.807) is 6.92 Å². The fourth-order valence-electron chi connectivity index (χ4n) is 2.32. The van der Waals surface area contributed by atoms with Gasteiger partial charge in [-0.2, -0.15) is 0 Å². The zero-order valence-electron chi connectivity index (χ0n) is 12.2. The summed E-state index contributed by atoms with van der Waals surface area (Å²) in [5.74, 6) is 0.282. The Morgan fingerprint density at radius 3 is 2.55 bits per heavy atom. The van der Waals surface area contributed by atoms with Gasteiger partial charge in [-0.3, -0.25) is 4.79 Å². The smallest absolute Gasteiger partial charge is 0.257 e. The summed E-state index contributed by atoms with van der Waals surface area (Å²) in [6.45, 7) is 7.52. The monoisotopic (exact) mass is 300 g/mol. The second-order valence-electron chi connectivity index (χ2n) is 6.29. The van der Waals surface area contributed by atoms with Crippen LogP contribution in [0.15, 0.2) is 4.52 Å². The Labute approximate surface area is 118 Å². The highest BCUT2D eigenvalue weighted by molar-refractivity contribution is 7.91. The van der Waals surface area contributed by atoms with Gasteiger partial charge in [0.2, 0.25) is 0 Å². The van der Waals surface area contributed by atoms with Gasteiger partial charge in [0, 0.05) is 11.5 Å². The average molecular weight is 300 g/mol. The molecule has 0 spiro atoms. The van der Waals surface area contributed by atoms with E-state index in [9.17, 15) is 13.2 Å². The molecule has 6 nitrogen and oxygen atoms in total. The van der Waals surface area contributed by atoms with Gasteiger partial charge in [0.25, 0.3) is 5.91 Å². The van der Waals surface area contributed by atoms with Crippen LogP contribution in [-0.4, -0.2) is 37.0 Å². The van der Waals surface area contributed by atoms with E-state index in [1.807, 2.05) is 20.8 Å². The first-order valence-corrected chi connectivity index (χ1v) is 8.40. The van der Waals surface area contributed by atoms with Crippen molar-refractivity contribution in [1.29, 1.82) is 0 Å². The topological polar surface area (TPSA) is 89.3 Å². The van der Waals surface area contributed by atoms with Gasteiger partial charge in [0.15, 0.2) is 9.84 Å². The van der Waals surface area contributed by atoms with E-state index in [2.05, 4.69) is 10.5 Å². The van der Waals surface area contributed by atoms with Gasteiger partial charge in [-0.15, -0.1) is 0 Å². The zero-order chi connectivity index (χ0) is 15.1. The summed E-state index contributed by atoms with van der Waals surface area (Å²) in [5, 5.41) is 6.73. The first-order valence-electron chi connectivity index (χ1n) is 6.58. The highest BCUT2D eigenvalue weighted by Gasteiger charge is 2.33. The largest absolute Gasteiger partial charge is 0.361 e. The van der Waals surface area contributed by atoms with Crippen molar-refractivity contribution in [3.8, 4) is 0 Å². The minimum absolute atomic E-state index is 0.00786. The maximum Gasteiger partial charge on any atom is 0.257 e. The summed E-state index contributed by atoms with van der Waals surface area (Å²) in [6.07, 6.45) is 0.462. The number of nitrogens with zero attached hydrogens (tertiary/aromatic N) is 1. The number of nitrogens with one attached hydrogen (secondary N) is 1. The maximum absolute atomic E-state index is 12.4. The number of amides is 1. The molecule has 7 heteroatoms. The van der Waals surface area contributed by atoms with Crippen LogP contribution in [0.2, 0.25) is 0 Å². The second-order valence-corrected chi connectivity index (χ2v) is 8.51. The third kappa shape index (κ3) is 3.03. The Morgan fingerprint density at radius 1 is 1.40 bits per heavy atom. The van der Waals surface area contributed by atoms with Crippen LogP contribution >= 0.6 is 0 Å². The molecule has 112 valence electrons. The molecule has 1 atom stereocenters. The summed E-state index contributed by atoms with van der Waals surface area (Å²) in [5.41, 5.74) is 0.696. The molecule has 0 bridgehead atoms. The van der Waals surface area contributed by atoms with Crippen molar-refractivity contribution in [2.24, 2.45) is 0 Å². The number of hydrogen-bond donors (Lipinski definition) is 1. The molecule has 20 heavy (non-hydrogen) atoms. The molecular formula is C13H20N2O4S. The van der Waals surface area contributed by atoms with E-state index < -0.39 is 9.84 Å².